The quantitative estimate of drug-likeness (QED) is 0.383. The Kier molecular flexibility index (Phi) is 9.69. The predicted molar refractivity (Wildman–Crippen MR) is 63.1 cm³/mol. The largest absolute Gasteiger partial charge is 0.480 e. The van der Waals surface area contributed by atoms with E-state index >= 15 is 0 Å². The molecule has 0 rings (SSSR count). The van der Waals surface area contributed by atoms with Crippen LogP contribution in [-0.4, -0.2) is 62.3 Å². The molecule has 0 spiro atoms. The van der Waals surface area contributed by atoms with Gasteiger partial charge in [-0.25, -0.2) is 0 Å². The lowest BCUT2D eigenvalue weighted by Crippen LogP contribution is -2.35. The molecule has 0 amide bonds. The van der Waals surface area contributed by atoms with Crippen LogP contribution in [0.3, 0.4) is 0 Å². The van der Waals surface area contributed by atoms with Crippen LogP contribution in [0, 0.1) is 0 Å². The highest BCUT2D eigenvalue weighted by Crippen LogP contribution is 2.34. The molecule has 0 radical (unpaired) electrons. The predicted octanol–water partition coefficient (Wildman–Crippen LogP) is -1.05. The monoisotopic (exact) mass is 286 g/mol. The summed E-state index contributed by atoms with van der Waals surface area (Å²) >= 11 is 0. The zero-order chi connectivity index (χ0) is 14.9. The molecule has 0 aromatic rings. The maximum Gasteiger partial charge on any atom is 0.339 e. The first-order valence-corrected chi connectivity index (χ1v) is 6.70. The Hall–Kier alpha value is -0.990. The van der Waals surface area contributed by atoms with Crippen LogP contribution in [0.5, 0.6) is 0 Å². The summed E-state index contributed by atoms with van der Waals surface area (Å²) in [5.74, 6) is -2.70. The number of nitrogens with zero attached hydrogens (tertiary/aromatic N) is 1. The minimum Gasteiger partial charge on any atom is -0.480 e. The third-order valence-electron chi connectivity index (χ3n) is 1.10. The molecule has 0 saturated heterocycles. The van der Waals surface area contributed by atoms with Crippen molar-refractivity contribution in [3.63, 3.8) is 0 Å². The number of hydrogen-bond acceptors (Lipinski definition) is 5. The van der Waals surface area contributed by atoms with E-state index in [1.54, 1.807) is 0 Å². The Labute approximate surface area is 104 Å². The molecule has 0 unspecified atom stereocenters. The second-order valence-electron chi connectivity index (χ2n) is 3.82. The van der Waals surface area contributed by atoms with Crippen molar-refractivity contribution in [1.82, 2.24) is 4.90 Å². The molecule has 0 aliphatic carbocycles. The highest BCUT2D eigenvalue weighted by Gasteiger charge is 2.22. The van der Waals surface area contributed by atoms with Crippen LogP contribution >= 0.6 is 7.60 Å². The molecule has 0 aromatic heterocycles. The molecule has 0 saturated carbocycles. The first-order chi connectivity index (χ1) is 7.94. The van der Waals surface area contributed by atoms with Gasteiger partial charge in [-0.15, -0.1) is 0 Å². The van der Waals surface area contributed by atoms with Crippen LogP contribution in [0.4, 0.5) is 0 Å². The van der Waals surface area contributed by atoms with Gasteiger partial charge in [0, 0.05) is 0 Å². The first-order valence-electron chi connectivity index (χ1n) is 4.90. The summed E-state index contributed by atoms with van der Waals surface area (Å²) in [4.78, 5) is 38.0. The summed E-state index contributed by atoms with van der Waals surface area (Å²) in [5.41, 5.74) is 5.11. The van der Waals surface area contributed by atoms with Crippen LogP contribution in [0.15, 0.2) is 0 Å². The molecule has 10 heteroatoms. The van der Waals surface area contributed by atoms with Gasteiger partial charge in [-0.2, -0.15) is 0 Å². The zero-order valence-corrected chi connectivity index (χ0v) is 11.1. The minimum absolute atomic E-state index is 0.333. The Morgan fingerprint density at radius 3 is 1.61 bits per heavy atom. The standard InChI is InChI=1S/C5H10NO7P.C3H9N/c7-4(8)1-6(2-5(9)10)3-14(11,12)13;1-3(2)4/h1-3H2,(H,7,8)(H,9,10)(H2,11,12,13);3H,4H2,1-2H3. The maximum atomic E-state index is 10.5. The molecule has 0 aliphatic rings. The Bertz CT molecular complexity index is 296. The van der Waals surface area contributed by atoms with E-state index in [0.29, 0.717) is 10.9 Å². The van der Waals surface area contributed by atoms with Crippen molar-refractivity contribution in [2.75, 3.05) is 19.4 Å². The number of aliphatic carboxylic acids is 2. The number of carboxylic acids is 2. The first kappa shape index (κ1) is 19.4. The van der Waals surface area contributed by atoms with Crippen molar-refractivity contribution in [3.8, 4) is 0 Å². The summed E-state index contributed by atoms with van der Waals surface area (Å²) in [6.07, 6.45) is -0.883. The summed E-state index contributed by atoms with van der Waals surface area (Å²) in [6.45, 7) is 2.44. The number of nitrogens with two attached hydrogens (primary N) is 1. The van der Waals surface area contributed by atoms with Crippen LogP contribution in [-0.2, 0) is 14.2 Å². The fourth-order valence-electron chi connectivity index (χ4n) is 0.799. The number of rotatable bonds is 6. The molecule has 18 heavy (non-hydrogen) atoms. The molecular weight excluding hydrogens is 267 g/mol. The van der Waals surface area contributed by atoms with Crippen LogP contribution in [0.25, 0.3) is 0 Å². The van der Waals surface area contributed by atoms with E-state index < -0.39 is 38.9 Å². The van der Waals surface area contributed by atoms with Crippen molar-refractivity contribution >= 4 is 19.5 Å². The average Bonchev–Trinajstić information content (AvgIpc) is 1.94. The highest BCUT2D eigenvalue weighted by atomic mass is 31.2. The van der Waals surface area contributed by atoms with Crippen LogP contribution in [0.2, 0.25) is 0 Å². The van der Waals surface area contributed by atoms with Crippen molar-refractivity contribution in [2.45, 2.75) is 19.9 Å². The SMILES string of the molecule is CC(C)N.O=C(O)CN(CC(=O)O)CP(=O)(O)O. The molecule has 0 bridgehead atoms. The van der Waals surface area contributed by atoms with Crippen molar-refractivity contribution in [1.29, 1.82) is 0 Å². The normalized spacial score (nSPS) is 11.1. The number of carbonyl (C=O) groups is 2. The van der Waals surface area contributed by atoms with Crippen molar-refractivity contribution in [3.05, 3.63) is 0 Å². The third-order valence-corrected chi connectivity index (χ3v) is 1.87. The average molecular weight is 286 g/mol. The lowest BCUT2D eigenvalue weighted by molar-refractivity contribution is -0.141. The second-order valence-corrected chi connectivity index (χ2v) is 5.44. The molecule has 0 aliphatic heterocycles. The molecule has 9 nitrogen and oxygen atoms in total. The second kappa shape index (κ2) is 9.01. The molecular formula is C8H19N2O7P. The molecule has 0 heterocycles. The summed E-state index contributed by atoms with van der Waals surface area (Å²) < 4.78 is 10.5. The van der Waals surface area contributed by atoms with Gasteiger partial charge in [-0.3, -0.25) is 19.1 Å². The van der Waals surface area contributed by atoms with Crippen LogP contribution in [0.1, 0.15) is 13.8 Å². The molecule has 108 valence electrons. The molecule has 0 aromatic carbocycles. The smallest absolute Gasteiger partial charge is 0.339 e. The van der Waals surface area contributed by atoms with E-state index in [2.05, 4.69) is 0 Å². The zero-order valence-electron chi connectivity index (χ0n) is 10.2. The van der Waals surface area contributed by atoms with Gasteiger partial charge in [0.1, 0.15) is 6.29 Å². The van der Waals surface area contributed by atoms with Gasteiger partial charge in [0.05, 0.1) is 13.1 Å². The topological polar surface area (TPSA) is 161 Å². The summed E-state index contributed by atoms with van der Waals surface area (Å²) in [7, 11) is -4.44. The summed E-state index contributed by atoms with van der Waals surface area (Å²) in [5, 5.41) is 16.6. The summed E-state index contributed by atoms with van der Waals surface area (Å²) in [6, 6.07) is 0.333. The van der Waals surface area contributed by atoms with Gasteiger partial charge in [-0.1, -0.05) is 13.8 Å². The van der Waals surface area contributed by atoms with Gasteiger partial charge in [-0.05, 0) is 6.04 Å². The fourth-order valence-corrected chi connectivity index (χ4v) is 1.52. The minimum atomic E-state index is -4.44. The van der Waals surface area contributed by atoms with Gasteiger partial charge in [0.15, 0.2) is 0 Å². The molecule has 6 N–H and O–H groups in total. The molecule has 0 atom stereocenters. The third kappa shape index (κ3) is 20.4. The fraction of sp³-hybridized carbons (Fsp3) is 0.750. The van der Waals surface area contributed by atoms with E-state index in [9.17, 15) is 14.2 Å². The number of hydrogen-bond donors (Lipinski definition) is 5. The van der Waals surface area contributed by atoms with Crippen molar-refractivity contribution in [2.24, 2.45) is 5.73 Å². The Balaban J connectivity index is 0. The van der Waals surface area contributed by atoms with E-state index in [4.69, 9.17) is 25.7 Å². The van der Waals surface area contributed by atoms with E-state index in [1.807, 2.05) is 13.8 Å². The van der Waals surface area contributed by atoms with E-state index in [1.165, 1.54) is 0 Å². The maximum absolute atomic E-state index is 10.5. The van der Waals surface area contributed by atoms with E-state index in [-0.39, 0.29) is 0 Å². The lowest BCUT2D eigenvalue weighted by atomic mass is 10.5. The van der Waals surface area contributed by atoms with Crippen molar-refractivity contribution < 1.29 is 34.2 Å². The van der Waals surface area contributed by atoms with Gasteiger partial charge in [0.25, 0.3) is 0 Å². The Morgan fingerprint density at radius 1 is 1.17 bits per heavy atom. The Morgan fingerprint density at radius 2 is 1.44 bits per heavy atom. The van der Waals surface area contributed by atoms with Gasteiger partial charge >= 0.3 is 19.5 Å². The number of carboxylic acid groups (broad SMARTS) is 2. The van der Waals surface area contributed by atoms with E-state index in [0.717, 1.165) is 0 Å². The van der Waals surface area contributed by atoms with Crippen LogP contribution < -0.4 is 5.73 Å². The van der Waals surface area contributed by atoms with Gasteiger partial charge in [0.2, 0.25) is 0 Å². The lowest BCUT2D eigenvalue weighted by Gasteiger charge is -2.17. The van der Waals surface area contributed by atoms with Gasteiger partial charge < -0.3 is 25.7 Å². The molecule has 0 fully saturated rings. The highest BCUT2D eigenvalue weighted by molar-refractivity contribution is 7.51.